The van der Waals surface area contributed by atoms with Gasteiger partial charge in [0.1, 0.15) is 5.60 Å². The SMILES string of the molecule is CCC1CCC(NCC(C)CN(C)C(=O)OC(C)(C)C)C1. The Labute approximate surface area is 130 Å². The van der Waals surface area contributed by atoms with Crippen LogP contribution >= 0.6 is 0 Å². The fraction of sp³-hybridized carbons (Fsp3) is 0.941. The van der Waals surface area contributed by atoms with Gasteiger partial charge in [-0.25, -0.2) is 4.79 Å². The molecule has 1 saturated carbocycles. The number of amides is 1. The highest BCUT2D eigenvalue weighted by molar-refractivity contribution is 5.67. The summed E-state index contributed by atoms with van der Waals surface area (Å²) in [5, 5.41) is 3.66. The van der Waals surface area contributed by atoms with Crippen molar-refractivity contribution < 1.29 is 9.53 Å². The zero-order chi connectivity index (χ0) is 16.0. The largest absolute Gasteiger partial charge is 0.444 e. The number of ether oxygens (including phenoxy) is 1. The summed E-state index contributed by atoms with van der Waals surface area (Å²) in [5.41, 5.74) is -0.425. The van der Waals surface area contributed by atoms with Crippen LogP contribution in [0, 0.1) is 11.8 Å². The molecule has 0 bridgehead atoms. The van der Waals surface area contributed by atoms with E-state index in [1.54, 1.807) is 4.90 Å². The number of hydrogen-bond acceptors (Lipinski definition) is 3. The van der Waals surface area contributed by atoms with Gasteiger partial charge in [-0.1, -0.05) is 20.3 Å². The second kappa shape index (κ2) is 8.02. The van der Waals surface area contributed by atoms with Crippen LogP contribution in [-0.2, 0) is 4.74 Å². The molecule has 0 aromatic carbocycles. The molecule has 1 aliphatic carbocycles. The lowest BCUT2D eigenvalue weighted by Crippen LogP contribution is -2.39. The highest BCUT2D eigenvalue weighted by atomic mass is 16.6. The number of rotatable bonds is 6. The van der Waals surface area contributed by atoms with Gasteiger partial charge in [-0.2, -0.15) is 0 Å². The molecule has 0 saturated heterocycles. The lowest BCUT2D eigenvalue weighted by atomic mass is 10.1. The zero-order valence-corrected chi connectivity index (χ0v) is 14.7. The highest BCUT2D eigenvalue weighted by Crippen LogP contribution is 2.27. The molecule has 0 radical (unpaired) electrons. The number of nitrogens with one attached hydrogen (secondary N) is 1. The van der Waals surface area contributed by atoms with Crippen LogP contribution in [0.4, 0.5) is 4.79 Å². The van der Waals surface area contributed by atoms with Crippen molar-refractivity contribution in [3.05, 3.63) is 0 Å². The first kappa shape index (κ1) is 18.3. The minimum Gasteiger partial charge on any atom is -0.444 e. The quantitative estimate of drug-likeness (QED) is 0.813. The van der Waals surface area contributed by atoms with E-state index in [9.17, 15) is 4.79 Å². The minimum atomic E-state index is -0.425. The van der Waals surface area contributed by atoms with Crippen LogP contribution in [0.15, 0.2) is 0 Å². The van der Waals surface area contributed by atoms with E-state index in [4.69, 9.17) is 4.74 Å². The Morgan fingerprint density at radius 3 is 2.57 bits per heavy atom. The molecule has 21 heavy (non-hydrogen) atoms. The van der Waals surface area contributed by atoms with Gasteiger partial charge in [-0.05, 0) is 58.4 Å². The Bertz CT molecular complexity index is 325. The monoisotopic (exact) mass is 298 g/mol. The van der Waals surface area contributed by atoms with Crippen LogP contribution < -0.4 is 5.32 Å². The van der Waals surface area contributed by atoms with Gasteiger partial charge in [-0.15, -0.1) is 0 Å². The predicted molar refractivity (Wildman–Crippen MR) is 87.5 cm³/mol. The minimum absolute atomic E-state index is 0.235. The molecule has 1 rings (SSSR count). The van der Waals surface area contributed by atoms with Crippen molar-refractivity contribution in [3.8, 4) is 0 Å². The van der Waals surface area contributed by atoms with Crippen LogP contribution in [0.2, 0.25) is 0 Å². The molecule has 3 unspecified atom stereocenters. The molecule has 4 heteroatoms. The molecular formula is C17H34N2O2. The molecule has 1 N–H and O–H groups in total. The molecule has 1 amide bonds. The zero-order valence-electron chi connectivity index (χ0n) is 14.7. The van der Waals surface area contributed by atoms with E-state index in [1.165, 1.54) is 25.7 Å². The highest BCUT2D eigenvalue weighted by Gasteiger charge is 2.24. The molecule has 4 nitrogen and oxygen atoms in total. The van der Waals surface area contributed by atoms with Crippen molar-refractivity contribution in [3.63, 3.8) is 0 Å². The first-order valence-electron chi connectivity index (χ1n) is 8.38. The number of nitrogens with zero attached hydrogens (tertiary/aromatic N) is 1. The van der Waals surface area contributed by atoms with Gasteiger partial charge in [0.15, 0.2) is 0 Å². The van der Waals surface area contributed by atoms with Crippen molar-refractivity contribution in [2.45, 2.75) is 71.9 Å². The Morgan fingerprint density at radius 2 is 2.05 bits per heavy atom. The Kier molecular flexibility index (Phi) is 6.98. The maximum atomic E-state index is 11.9. The molecule has 1 fully saturated rings. The van der Waals surface area contributed by atoms with Crippen LogP contribution in [0.1, 0.15) is 60.3 Å². The molecule has 3 atom stereocenters. The van der Waals surface area contributed by atoms with Crippen LogP contribution in [0.25, 0.3) is 0 Å². The third-order valence-corrected chi connectivity index (χ3v) is 4.16. The van der Waals surface area contributed by atoms with Gasteiger partial charge in [-0.3, -0.25) is 0 Å². The Balaban J connectivity index is 2.24. The smallest absolute Gasteiger partial charge is 0.410 e. The van der Waals surface area contributed by atoms with Crippen LogP contribution in [0.3, 0.4) is 0 Å². The van der Waals surface area contributed by atoms with Gasteiger partial charge < -0.3 is 15.0 Å². The second-order valence-corrected chi connectivity index (χ2v) is 7.66. The van der Waals surface area contributed by atoms with E-state index in [1.807, 2.05) is 27.8 Å². The predicted octanol–water partition coefficient (Wildman–Crippen LogP) is 3.66. The molecule has 124 valence electrons. The van der Waals surface area contributed by atoms with Gasteiger partial charge in [0, 0.05) is 19.6 Å². The van der Waals surface area contributed by atoms with Crippen LogP contribution in [0.5, 0.6) is 0 Å². The summed E-state index contributed by atoms with van der Waals surface area (Å²) in [6.45, 7) is 11.8. The second-order valence-electron chi connectivity index (χ2n) is 7.66. The fourth-order valence-electron chi connectivity index (χ4n) is 2.95. The van der Waals surface area contributed by atoms with Crippen molar-refractivity contribution in [2.75, 3.05) is 20.1 Å². The summed E-state index contributed by atoms with van der Waals surface area (Å²) in [5.74, 6) is 1.34. The van der Waals surface area contributed by atoms with Gasteiger partial charge >= 0.3 is 6.09 Å². The number of carbonyl (C=O) groups is 1. The normalized spacial score (nSPS) is 23.9. The average molecular weight is 298 g/mol. The Morgan fingerprint density at radius 1 is 1.38 bits per heavy atom. The van der Waals surface area contributed by atoms with E-state index in [2.05, 4.69) is 19.2 Å². The van der Waals surface area contributed by atoms with E-state index < -0.39 is 5.60 Å². The average Bonchev–Trinajstić information content (AvgIpc) is 2.82. The van der Waals surface area contributed by atoms with Crippen molar-refractivity contribution in [1.82, 2.24) is 10.2 Å². The summed E-state index contributed by atoms with van der Waals surface area (Å²) >= 11 is 0. The van der Waals surface area contributed by atoms with E-state index in [0.717, 1.165) is 19.0 Å². The fourth-order valence-corrected chi connectivity index (χ4v) is 2.95. The molecule has 0 aromatic heterocycles. The van der Waals surface area contributed by atoms with Gasteiger partial charge in [0.25, 0.3) is 0 Å². The maximum Gasteiger partial charge on any atom is 0.410 e. The van der Waals surface area contributed by atoms with Crippen molar-refractivity contribution >= 4 is 6.09 Å². The number of hydrogen-bond donors (Lipinski definition) is 1. The van der Waals surface area contributed by atoms with E-state index >= 15 is 0 Å². The summed E-state index contributed by atoms with van der Waals surface area (Å²) < 4.78 is 5.37. The molecule has 0 aromatic rings. The summed E-state index contributed by atoms with van der Waals surface area (Å²) in [6, 6.07) is 0.671. The molecule has 0 spiro atoms. The molecular weight excluding hydrogens is 264 g/mol. The van der Waals surface area contributed by atoms with Gasteiger partial charge in [0.05, 0.1) is 0 Å². The first-order valence-corrected chi connectivity index (χ1v) is 8.38. The standard InChI is InChI=1S/C17H34N2O2/c1-7-14-8-9-15(10-14)18-11-13(2)12-19(6)16(20)21-17(3,4)5/h13-15,18H,7-12H2,1-6H3. The van der Waals surface area contributed by atoms with Crippen molar-refractivity contribution in [2.24, 2.45) is 11.8 Å². The summed E-state index contributed by atoms with van der Waals surface area (Å²) in [6.07, 6.45) is 5.04. The Hall–Kier alpha value is -0.770. The first-order chi connectivity index (χ1) is 9.71. The van der Waals surface area contributed by atoms with Crippen LogP contribution in [-0.4, -0.2) is 42.8 Å². The van der Waals surface area contributed by atoms with E-state index in [0.29, 0.717) is 12.0 Å². The third-order valence-electron chi connectivity index (χ3n) is 4.16. The maximum absolute atomic E-state index is 11.9. The van der Waals surface area contributed by atoms with Gasteiger partial charge in [0.2, 0.25) is 0 Å². The molecule has 1 aliphatic rings. The lowest BCUT2D eigenvalue weighted by Gasteiger charge is -2.27. The lowest BCUT2D eigenvalue weighted by molar-refractivity contribution is 0.0276. The summed E-state index contributed by atoms with van der Waals surface area (Å²) in [7, 11) is 1.81. The third kappa shape index (κ3) is 7.16. The van der Waals surface area contributed by atoms with Crippen molar-refractivity contribution in [1.29, 1.82) is 0 Å². The summed E-state index contributed by atoms with van der Waals surface area (Å²) in [4.78, 5) is 13.6. The van der Waals surface area contributed by atoms with E-state index in [-0.39, 0.29) is 6.09 Å². The molecule has 0 heterocycles. The molecule has 0 aliphatic heterocycles. The topological polar surface area (TPSA) is 41.6 Å². The number of carbonyl (C=O) groups excluding carboxylic acids is 1.